The van der Waals surface area contributed by atoms with Crippen molar-refractivity contribution in [2.45, 2.75) is 19.2 Å². The minimum absolute atomic E-state index is 0. The van der Waals surface area contributed by atoms with Crippen molar-refractivity contribution in [3.63, 3.8) is 0 Å². The van der Waals surface area contributed by atoms with Crippen LogP contribution in [0, 0.1) is 0 Å². The third-order valence-corrected chi connectivity index (χ3v) is 10.4. The quantitative estimate of drug-likeness (QED) is 0.0972. The summed E-state index contributed by atoms with van der Waals surface area (Å²) in [5.74, 6) is -0.583. The number of ether oxygens (including phenoxy) is 1. The molecule has 14 heteroatoms. The van der Waals surface area contributed by atoms with Crippen LogP contribution in [0.25, 0.3) is 49.4 Å². The summed E-state index contributed by atoms with van der Waals surface area (Å²) in [7, 11) is -9.84. The maximum Gasteiger partial charge on any atom is 1.00 e. The van der Waals surface area contributed by atoms with Crippen LogP contribution in [0.3, 0.4) is 0 Å². The van der Waals surface area contributed by atoms with Gasteiger partial charge in [-0.2, -0.15) is 4.57 Å². The smallest absolute Gasteiger partial charge is 0.743 e. The van der Waals surface area contributed by atoms with E-state index in [1.54, 1.807) is 30.4 Å². The van der Waals surface area contributed by atoms with E-state index >= 15 is 0 Å². The van der Waals surface area contributed by atoms with E-state index in [0.29, 0.717) is 33.7 Å². The molecule has 1 aliphatic heterocycles. The number of fused-ring (bicyclic) bond motifs is 5. The Morgan fingerprint density at radius 2 is 1.68 bits per heavy atom. The van der Waals surface area contributed by atoms with Gasteiger partial charge in [0.25, 0.3) is 5.01 Å². The van der Waals surface area contributed by atoms with Crippen molar-refractivity contribution in [1.82, 2.24) is 0 Å². The maximum absolute atomic E-state index is 12.5. The van der Waals surface area contributed by atoms with Crippen LogP contribution < -0.4 is 65.6 Å². The molecular weight excluding hydrogens is 724 g/mol. The Hall–Kier alpha value is -3.59. The van der Waals surface area contributed by atoms with Gasteiger partial charge in [0.05, 0.1) is 5.69 Å². The van der Waals surface area contributed by atoms with Crippen LogP contribution in [0.5, 0.6) is 5.75 Å². The molecule has 10 nitrogen and oxygen atoms in total. The Morgan fingerprint density at radius 1 is 0.940 bits per heavy atom. The van der Waals surface area contributed by atoms with Crippen molar-refractivity contribution in [1.29, 1.82) is 0 Å². The number of nitrogens with zero attached hydrogens (tertiary/aromatic N) is 2. The molecular formula is C36H25KN2O8S3. The molecule has 4 aromatic carbocycles. The number of anilines is 1. The molecule has 0 N–H and O–H groups in total. The molecule has 3 heterocycles. The largest absolute Gasteiger partial charge is 1.00 e. The van der Waals surface area contributed by atoms with Gasteiger partial charge in [-0.15, -0.1) is 0 Å². The summed E-state index contributed by atoms with van der Waals surface area (Å²) in [6, 6.07) is 25.8. The van der Waals surface area contributed by atoms with Crippen LogP contribution in [0.4, 0.5) is 5.69 Å². The molecule has 50 heavy (non-hydrogen) atoms. The molecule has 0 aliphatic carbocycles. The van der Waals surface area contributed by atoms with Gasteiger partial charge >= 0.3 is 51.4 Å². The number of para-hydroxylation sites is 1. The molecule has 2 aromatic heterocycles. The van der Waals surface area contributed by atoms with Crippen LogP contribution in [0.2, 0.25) is 0 Å². The Kier molecular flexibility index (Phi) is 10.3. The first-order valence-corrected chi connectivity index (χ1v) is 18.7. The zero-order valence-corrected chi connectivity index (χ0v) is 32.3. The summed E-state index contributed by atoms with van der Waals surface area (Å²) >= 11 is 1.29. The fraction of sp³-hybridized carbons (Fsp3) is 0.0833. The van der Waals surface area contributed by atoms with E-state index in [9.17, 15) is 25.9 Å². The van der Waals surface area contributed by atoms with Crippen LogP contribution in [-0.2, 0) is 26.1 Å². The first-order valence-electron chi connectivity index (χ1n) is 14.9. The van der Waals surface area contributed by atoms with Gasteiger partial charge in [0.15, 0.2) is 20.9 Å². The molecule has 0 spiro atoms. The first kappa shape index (κ1) is 36.2. The molecule has 0 saturated heterocycles. The van der Waals surface area contributed by atoms with Gasteiger partial charge in [0, 0.05) is 35.1 Å². The molecule has 0 unspecified atom stereocenters. The molecule has 7 rings (SSSR count). The van der Waals surface area contributed by atoms with Crippen molar-refractivity contribution in [2.75, 3.05) is 4.90 Å². The van der Waals surface area contributed by atoms with Crippen molar-refractivity contribution in [2.24, 2.45) is 0 Å². The van der Waals surface area contributed by atoms with Gasteiger partial charge in [-0.3, -0.25) is 4.90 Å². The fourth-order valence-electron chi connectivity index (χ4n) is 5.76. The second-order valence-electron chi connectivity index (χ2n) is 11.1. The van der Waals surface area contributed by atoms with E-state index in [2.05, 4.69) is 18.0 Å². The Balaban J connectivity index is 0.00000432. The average Bonchev–Trinajstić information content (AvgIpc) is 3.71. The van der Waals surface area contributed by atoms with Crippen molar-refractivity contribution < 1.29 is 91.0 Å². The van der Waals surface area contributed by atoms with E-state index in [4.69, 9.17) is 9.15 Å². The van der Waals surface area contributed by atoms with Gasteiger partial charge in [-0.25, -0.2) is 16.8 Å². The molecule has 1 aliphatic rings. The molecule has 0 amide bonds. The van der Waals surface area contributed by atoms with Gasteiger partial charge in [0.2, 0.25) is 17.3 Å². The van der Waals surface area contributed by atoms with E-state index in [-0.39, 0.29) is 68.7 Å². The predicted octanol–water partition coefficient (Wildman–Crippen LogP) is 4.12. The summed E-state index contributed by atoms with van der Waals surface area (Å²) in [5, 5.41) is 1.20. The minimum Gasteiger partial charge on any atom is -0.743 e. The van der Waals surface area contributed by atoms with Crippen LogP contribution >= 0.6 is 11.3 Å². The van der Waals surface area contributed by atoms with Crippen molar-refractivity contribution in [3.8, 4) is 16.9 Å². The van der Waals surface area contributed by atoms with E-state index in [1.807, 2.05) is 73.7 Å². The third kappa shape index (κ3) is 7.12. The molecule has 6 aromatic rings. The number of furan rings is 1. The van der Waals surface area contributed by atoms with Crippen molar-refractivity contribution in [3.05, 3.63) is 131 Å². The number of rotatable bonds is 8. The first-order chi connectivity index (χ1) is 23.4. The minimum atomic E-state index is -5.13. The molecule has 246 valence electrons. The molecule has 0 atom stereocenters. The second-order valence-corrected chi connectivity index (χ2v) is 14.8. The molecule has 0 radical (unpaired) electrons. The number of benzene rings is 4. The number of thiazole rings is 1. The maximum atomic E-state index is 12.5. The molecule has 0 fully saturated rings. The standard InChI is InChI=1S/C36H26N2O8S3.K/c1-3-10-36(49(42,43)44)38-28-21-31-27(26-13-8-9-14-30(26)45-31)20-32(28)46-34(38)17-23(4-2)18-35-37(22-48(39,40)41)29-19-25(15-16-33(29)47-35)24-11-6-5-7-12-24;/h5-9,11-21H,1,4,22H2,2H3,(H-,39,40,41,42,43,44);/q;+1/p-1. The summed E-state index contributed by atoms with van der Waals surface area (Å²) in [5.41, 5.74) is 8.75. The summed E-state index contributed by atoms with van der Waals surface area (Å²) in [6.07, 6.45) is 3.62. The average molecular weight is 749 g/mol. The van der Waals surface area contributed by atoms with E-state index in [0.717, 1.165) is 31.5 Å². The van der Waals surface area contributed by atoms with Crippen LogP contribution in [0.1, 0.15) is 18.4 Å². The summed E-state index contributed by atoms with van der Waals surface area (Å²) in [4.78, 5) is 1.11. The number of aromatic nitrogens is 1. The van der Waals surface area contributed by atoms with E-state index in [1.165, 1.54) is 15.9 Å². The monoisotopic (exact) mass is 748 g/mol. The second kappa shape index (κ2) is 14.2. The third-order valence-electron chi connectivity index (χ3n) is 7.92. The number of hydrogen-bond acceptors (Lipinski definition) is 10. The normalized spacial score (nSPS) is 14.0. The van der Waals surface area contributed by atoms with Gasteiger partial charge in [0.1, 0.15) is 26.0 Å². The van der Waals surface area contributed by atoms with Crippen LogP contribution in [0.15, 0.2) is 130 Å². The summed E-state index contributed by atoms with van der Waals surface area (Å²) < 4.78 is 88.3. The zero-order chi connectivity index (χ0) is 34.5. The zero-order valence-electron chi connectivity index (χ0n) is 26.7. The molecule has 0 bridgehead atoms. The van der Waals surface area contributed by atoms with Gasteiger partial charge < -0.3 is 18.3 Å². The fourth-order valence-corrected chi connectivity index (χ4v) is 8.16. The van der Waals surface area contributed by atoms with E-state index < -0.39 is 31.1 Å². The summed E-state index contributed by atoms with van der Waals surface area (Å²) in [6.45, 7) is 5.25. The van der Waals surface area contributed by atoms with Gasteiger partial charge in [-0.05, 0) is 53.6 Å². The predicted molar refractivity (Wildman–Crippen MR) is 186 cm³/mol. The molecule has 0 saturated carbocycles. The topological polar surface area (TPSA) is 144 Å². The SMILES string of the molecule is C=C=C=C(N1C(=CC(=Cc2sc3ccc(-c4ccccc4)cc3[n+]2CS(=O)(=O)[O-])CC)Oc2cc3c(cc21)oc1ccccc13)S(=O)(=O)[O-].[K+]. The number of hydrogen-bond donors (Lipinski definition) is 0. The number of allylic oxidation sites excluding steroid dienone is 2. The Labute approximate surface area is 334 Å². The Morgan fingerprint density at radius 3 is 2.38 bits per heavy atom. The van der Waals surface area contributed by atoms with Gasteiger partial charge in [-0.1, -0.05) is 78.6 Å². The van der Waals surface area contributed by atoms with Crippen LogP contribution in [-0.4, -0.2) is 25.9 Å². The van der Waals surface area contributed by atoms with Crippen molar-refractivity contribution >= 4 is 75.5 Å². The Bertz CT molecular complexity index is 2700.